The van der Waals surface area contributed by atoms with E-state index in [1.54, 1.807) is 84.3 Å². The second kappa shape index (κ2) is 50.8. The Labute approximate surface area is 805 Å². The number of unbranched alkanes of at least 4 members (excludes halogenated alkanes) is 1. The van der Waals surface area contributed by atoms with Crippen molar-refractivity contribution in [3.63, 3.8) is 0 Å². The molecule has 138 heavy (non-hydrogen) atoms. The van der Waals surface area contributed by atoms with Crippen LogP contribution < -0.4 is 86.4 Å². The van der Waals surface area contributed by atoms with Crippen molar-refractivity contribution in [2.45, 2.75) is 230 Å². The van der Waals surface area contributed by atoms with Gasteiger partial charge in [-0.1, -0.05) is 84.4 Å². The van der Waals surface area contributed by atoms with Crippen molar-refractivity contribution in [1.82, 2.24) is 73.3 Å². The minimum Gasteiger partial charge on any atom is -0.508 e. The van der Waals surface area contributed by atoms with Crippen molar-refractivity contribution in [3.05, 3.63) is 136 Å². The molecule has 43 heteroatoms. The highest BCUT2D eigenvalue weighted by atomic mass is 32.2. The number of fused-ring (bicyclic) bond motifs is 3. The zero-order chi connectivity index (χ0) is 101. The number of phenolic OH excluding ortho intramolecular Hbond substituents is 2. The number of aliphatic hydroxyl groups is 1. The average Bonchev–Trinajstić information content (AvgIpc) is 0.770. The maximum Gasteiger partial charge on any atom is 0.336 e. The molecule has 0 radical (unpaired) electrons. The first kappa shape index (κ1) is 108. The van der Waals surface area contributed by atoms with Gasteiger partial charge in [-0.2, -0.15) is 11.8 Å². The molecular formula is C95H124N18O23S2. The van der Waals surface area contributed by atoms with Crippen LogP contribution in [0.15, 0.2) is 119 Å². The molecule has 2 fully saturated rings. The molecule has 14 atom stereocenters. The molecule has 4 aliphatic rings. The number of aromatic nitrogens is 1. The SMILES string of the molecule is CC[C@H](C)[C@H](NC(=O)[C@H](CC(=O)O)NC(=O)[C@H](Cc1c[nH]c2ccccc12)NC(=O)[C@H](CCCCN)NC(=O)[C@@H]1CCCN1C(=O)[C@H](CC(C)C)NC(=O)[C@H](CCSC)NC(=O)[C@H](Cc1ccc(O)cc1)NC(=O)[C@H](CC(C)C)NC(=O)[C@H](CC(N)=O)NC(=O)[C@@H](NC(=O)CCNC(=S)Nc1ccc(-c2c3ccc(=O)cc-3oc3cc(O)ccc23)c(C(=O)O)c1)[C@@H](C)O)C(=O)N1CCC[C@H]1C(N)=O. The highest BCUT2D eigenvalue weighted by Crippen LogP contribution is 2.43. The van der Waals surface area contributed by atoms with Gasteiger partial charge in [0.1, 0.15) is 95.3 Å². The lowest BCUT2D eigenvalue weighted by atomic mass is 9.90. The molecule has 41 nitrogen and oxygen atoms in total. The number of hydrogen-bond donors (Lipinski definition) is 21. The van der Waals surface area contributed by atoms with Crippen molar-refractivity contribution < 1.29 is 107 Å². The number of nitrogens with zero attached hydrogens (tertiary/aromatic N) is 2. The van der Waals surface area contributed by atoms with E-state index >= 15 is 19.2 Å². The van der Waals surface area contributed by atoms with Crippen molar-refractivity contribution in [2.75, 3.05) is 43.5 Å². The third-order valence-electron chi connectivity index (χ3n) is 23.9. The third-order valence-corrected chi connectivity index (χ3v) is 24.8. The van der Waals surface area contributed by atoms with Gasteiger partial charge in [0.2, 0.25) is 82.7 Å². The molecular weight excluding hydrogens is 1830 g/mol. The fourth-order valence-electron chi connectivity index (χ4n) is 16.7. The monoisotopic (exact) mass is 1950 g/mol. The number of para-hydroxylation sites is 1. The minimum absolute atomic E-state index is 0.00165. The lowest BCUT2D eigenvalue weighted by Gasteiger charge is -2.32. The number of rotatable bonds is 50. The Bertz CT molecular complexity index is 5640. The molecule has 2 saturated heterocycles. The molecule has 1 aliphatic carbocycles. The molecule has 4 aromatic carbocycles. The summed E-state index contributed by atoms with van der Waals surface area (Å²) in [5, 5.41) is 85.0. The fraction of sp³-hybridized carbons (Fsp3) is 0.474. The molecule has 5 aromatic rings. The number of hydrogen-bond acceptors (Lipinski definition) is 24. The number of thioether (sulfide) groups is 1. The minimum atomic E-state index is -1.86. The van der Waals surface area contributed by atoms with Gasteiger partial charge in [-0.25, -0.2) is 4.79 Å². The van der Waals surface area contributed by atoms with Gasteiger partial charge >= 0.3 is 11.9 Å². The maximum atomic E-state index is 15.2. The van der Waals surface area contributed by atoms with Gasteiger partial charge in [0.25, 0.3) is 0 Å². The topological polar surface area (TPSA) is 649 Å². The number of carbonyl (C=O) groups is 16. The van der Waals surface area contributed by atoms with Gasteiger partial charge in [-0.3, -0.25) is 76.7 Å². The third kappa shape index (κ3) is 30.1. The summed E-state index contributed by atoms with van der Waals surface area (Å²) in [5.74, 6) is -16.8. The summed E-state index contributed by atoms with van der Waals surface area (Å²) < 4.78 is 5.93. The lowest BCUT2D eigenvalue weighted by Crippen LogP contribution is -2.61. The van der Waals surface area contributed by atoms with Gasteiger partial charge in [0.15, 0.2) is 10.5 Å². The van der Waals surface area contributed by atoms with Crippen molar-refractivity contribution in [3.8, 4) is 33.9 Å². The second-order valence-electron chi connectivity index (χ2n) is 35.5. The van der Waals surface area contributed by atoms with E-state index < -0.39 is 204 Å². The summed E-state index contributed by atoms with van der Waals surface area (Å²) in [6.07, 6.45) is 0.722. The zero-order valence-corrected chi connectivity index (χ0v) is 79.6. The molecule has 1 aromatic heterocycles. The Hall–Kier alpha value is -13.8. The second-order valence-corrected chi connectivity index (χ2v) is 36.9. The van der Waals surface area contributed by atoms with Gasteiger partial charge in [0, 0.05) is 90.3 Å². The van der Waals surface area contributed by atoms with Crippen LogP contribution in [0.5, 0.6) is 11.5 Å². The number of likely N-dealkylation sites (tertiary alicyclic amines) is 2. The number of nitrogens with two attached hydrogens (primary N) is 3. The van der Waals surface area contributed by atoms with Crippen LogP contribution in [0.1, 0.15) is 160 Å². The van der Waals surface area contributed by atoms with Crippen LogP contribution in [0.25, 0.3) is 44.3 Å². The Morgan fingerprint density at radius 2 is 1.14 bits per heavy atom. The Morgan fingerprint density at radius 1 is 0.572 bits per heavy atom. The van der Waals surface area contributed by atoms with E-state index in [9.17, 15) is 87.9 Å². The number of benzene rings is 5. The summed E-state index contributed by atoms with van der Waals surface area (Å²) in [6.45, 7) is 11.7. The van der Waals surface area contributed by atoms with Crippen LogP contribution in [-0.2, 0) is 84.8 Å². The highest BCUT2D eigenvalue weighted by Gasteiger charge is 2.44. The number of thiocarbonyl (C=S) groups is 1. The molecule has 0 bridgehead atoms. The summed E-state index contributed by atoms with van der Waals surface area (Å²) >= 11 is 6.79. The van der Waals surface area contributed by atoms with E-state index in [2.05, 4.69) is 68.8 Å². The van der Waals surface area contributed by atoms with E-state index in [4.69, 9.17) is 33.8 Å². The summed E-state index contributed by atoms with van der Waals surface area (Å²) in [5.41, 5.74) is 19.6. The van der Waals surface area contributed by atoms with Gasteiger partial charge in [-0.15, -0.1) is 0 Å². The highest BCUT2D eigenvalue weighted by molar-refractivity contribution is 7.98. The smallest absolute Gasteiger partial charge is 0.336 e. The first-order valence-corrected chi connectivity index (χ1v) is 47.6. The first-order chi connectivity index (χ1) is 65.6. The van der Waals surface area contributed by atoms with Crippen LogP contribution >= 0.6 is 24.0 Å². The van der Waals surface area contributed by atoms with E-state index in [0.29, 0.717) is 64.2 Å². The van der Waals surface area contributed by atoms with Gasteiger partial charge in [0.05, 0.1) is 24.5 Å². The van der Waals surface area contributed by atoms with Crippen molar-refractivity contribution in [1.29, 1.82) is 0 Å². The van der Waals surface area contributed by atoms with E-state index in [0.717, 1.165) is 6.92 Å². The first-order valence-electron chi connectivity index (χ1n) is 45.8. The number of phenols is 2. The van der Waals surface area contributed by atoms with Crippen LogP contribution in [0.3, 0.4) is 0 Å². The van der Waals surface area contributed by atoms with Crippen LogP contribution in [0, 0.1) is 17.8 Å². The molecule has 0 spiro atoms. The molecule has 0 unspecified atom stereocenters. The van der Waals surface area contributed by atoms with Crippen LogP contribution in [0.4, 0.5) is 5.69 Å². The number of aliphatic hydroxyl groups excluding tert-OH is 1. The predicted octanol–water partition coefficient (Wildman–Crippen LogP) is 2.38. The van der Waals surface area contributed by atoms with Gasteiger partial charge < -0.3 is 126 Å². The quantitative estimate of drug-likeness (QED) is 0.0148. The Morgan fingerprint density at radius 3 is 1.77 bits per heavy atom. The summed E-state index contributed by atoms with van der Waals surface area (Å²) in [7, 11) is 0. The number of aliphatic carboxylic acids is 1. The molecule has 24 N–H and O–H groups in total. The van der Waals surface area contributed by atoms with E-state index in [1.807, 2.05) is 0 Å². The number of amides is 14. The van der Waals surface area contributed by atoms with E-state index in [-0.39, 0.29) is 146 Å². The number of nitrogens with one attached hydrogen (secondary N) is 13. The number of carboxylic acid groups (broad SMARTS) is 2. The number of aromatic carboxylic acids is 1. The Balaban J connectivity index is 0.861. The van der Waals surface area contributed by atoms with Crippen LogP contribution in [-0.4, -0.2) is 257 Å². The standard InChI is InChI=1S/C95H124N18O23S2/c1-9-50(6)80(93(133)112-35-14-19-72(112)82(98)122)111-89(129)70(46-78(120)121)107-87(127)68(41-53-47-100-63-17-11-10-16-58(53)63)106-83(123)64(18-12-13-33-96)103-90(130)73-20-15-36-113(73)92(132)71(39-49(4)5)109-84(124)65(32-37-138-8)102-86(126)67(40-52-21-24-55(115)25-22-52)105-85(125)66(38-48(2)3)104-88(128)69(45-76(97)118)108-91(131)81(51(7)114)110-77(119)31-34-99-95(137)101-54-23-28-59(62(42-54)94(134)135)79-60-29-26-56(116)43-74(60)136-75-44-57(117)27-30-61(75)79/h10-11,16-17,21-30,42-44,47-51,64-73,80-81,100,114-116H,9,12-15,18-20,31-41,45-46,96H2,1-8H3,(H2,97,118)(H2,98,122)(H,102,126)(H,103,130)(H,104,128)(H,105,125)(H,106,123)(H,107,127)(H,108,131)(H,109,124)(H,110,119)(H,111,129)(H,120,121)(H,134,135)(H2,99,101,137)/t50-,51+,64-,65-,66-,67-,68-,69-,70-,71-,72-,73-,80-,81-/m0/s1. The zero-order valence-electron chi connectivity index (χ0n) is 78.0. The van der Waals surface area contributed by atoms with Crippen molar-refractivity contribution in [2.24, 2.45) is 35.0 Å². The summed E-state index contributed by atoms with van der Waals surface area (Å²) in [4.78, 5) is 244. The predicted molar refractivity (Wildman–Crippen MR) is 516 cm³/mol. The van der Waals surface area contributed by atoms with E-state index in [1.165, 1.54) is 94.4 Å². The fourth-order valence-corrected chi connectivity index (χ4v) is 17.3. The normalized spacial score (nSPS) is 16.2. The number of carbonyl (C=O) groups excluding carboxylic acids is 14. The van der Waals surface area contributed by atoms with Gasteiger partial charge in [-0.05, 0) is 191 Å². The van der Waals surface area contributed by atoms with Crippen molar-refractivity contribution >= 4 is 151 Å². The molecule has 4 heterocycles. The summed E-state index contributed by atoms with van der Waals surface area (Å²) in [6, 6.07) is 7.44. The number of primary amides is 2. The molecule has 744 valence electrons. The molecule has 14 amide bonds. The number of anilines is 1. The van der Waals surface area contributed by atoms with Crippen LogP contribution in [0.2, 0.25) is 0 Å². The number of aromatic hydroxyl groups is 2. The largest absolute Gasteiger partial charge is 0.508 e. The lowest BCUT2D eigenvalue weighted by molar-refractivity contribution is -0.144. The Kier molecular flexibility index (Phi) is 39.7. The molecule has 3 aliphatic heterocycles. The number of aromatic amines is 1. The number of carboxylic acids is 2. The molecule has 0 saturated carbocycles. The number of H-pyrrole nitrogens is 1. The molecule has 9 rings (SSSR count). The average molecular weight is 1950 g/mol. The maximum absolute atomic E-state index is 15.2.